The molecule has 0 heterocycles. The van der Waals surface area contributed by atoms with Gasteiger partial charge in [-0.05, 0) is 30.7 Å². The van der Waals surface area contributed by atoms with E-state index in [0.29, 0.717) is 5.92 Å². The van der Waals surface area contributed by atoms with Gasteiger partial charge in [-0.25, -0.2) is 0 Å². The highest BCUT2D eigenvalue weighted by Crippen LogP contribution is 2.41. The summed E-state index contributed by atoms with van der Waals surface area (Å²) in [7, 11) is 3.34. The predicted molar refractivity (Wildman–Crippen MR) is 77.6 cm³/mol. The molecule has 1 aliphatic rings. The fourth-order valence-corrected chi connectivity index (χ4v) is 3.07. The number of ether oxygens (including phenoxy) is 2. The number of benzene rings is 1. The molecule has 0 aromatic heterocycles. The lowest BCUT2D eigenvalue weighted by atomic mass is 9.77. The fourth-order valence-electron chi connectivity index (χ4n) is 3.07. The average molecular weight is 263 g/mol. The van der Waals surface area contributed by atoms with Crippen LogP contribution in [-0.2, 0) is 0 Å². The van der Waals surface area contributed by atoms with Crippen LogP contribution < -0.4 is 15.2 Å². The molecule has 1 unspecified atom stereocenters. The molecule has 2 N–H and O–H groups in total. The smallest absolute Gasteiger partial charge is 0.165 e. The first-order chi connectivity index (χ1) is 9.17. The van der Waals surface area contributed by atoms with Gasteiger partial charge in [0.15, 0.2) is 11.5 Å². The van der Waals surface area contributed by atoms with E-state index in [4.69, 9.17) is 15.2 Å². The van der Waals surface area contributed by atoms with E-state index in [2.05, 4.69) is 13.0 Å². The number of hydrogen-bond donors (Lipinski definition) is 1. The van der Waals surface area contributed by atoms with E-state index in [1.807, 2.05) is 12.1 Å². The van der Waals surface area contributed by atoms with Crippen LogP contribution in [0.3, 0.4) is 0 Å². The van der Waals surface area contributed by atoms with Gasteiger partial charge in [-0.2, -0.15) is 0 Å². The Morgan fingerprint density at radius 1 is 1.11 bits per heavy atom. The van der Waals surface area contributed by atoms with E-state index < -0.39 is 0 Å². The molecule has 0 bridgehead atoms. The molecule has 1 aliphatic carbocycles. The van der Waals surface area contributed by atoms with E-state index in [-0.39, 0.29) is 6.04 Å². The number of nitrogens with two attached hydrogens (primary N) is 1. The molecule has 1 atom stereocenters. The maximum Gasteiger partial charge on any atom is 0.165 e. The van der Waals surface area contributed by atoms with Gasteiger partial charge in [0.1, 0.15) is 0 Å². The third-order valence-electron chi connectivity index (χ3n) is 4.36. The molecule has 106 valence electrons. The van der Waals surface area contributed by atoms with Gasteiger partial charge in [0, 0.05) is 11.6 Å². The Morgan fingerprint density at radius 3 is 2.37 bits per heavy atom. The van der Waals surface area contributed by atoms with E-state index in [0.717, 1.165) is 23.0 Å². The highest BCUT2D eigenvalue weighted by atomic mass is 16.5. The lowest BCUT2D eigenvalue weighted by molar-refractivity contribution is 0.251. The van der Waals surface area contributed by atoms with Crippen LogP contribution in [0.5, 0.6) is 11.5 Å². The SMILES string of the molecule is COc1cccc(C(N)C2CCC(C)CC2)c1OC. The third-order valence-corrected chi connectivity index (χ3v) is 4.36. The Hall–Kier alpha value is -1.22. The first-order valence-corrected chi connectivity index (χ1v) is 7.13. The first kappa shape index (κ1) is 14.2. The maximum absolute atomic E-state index is 6.48. The van der Waals surface area contributed by atoms with E-state index in [9.17, 15) is 0 Å². The zero-order valence-corrected chi connectivity index (χ0v) is 12.2. The normalized spacial score (nSPS) is 24.8. The van der Waals surface area contributed by atoms with Crippen molar-refractivity contribution in [1.82, 2.24) is 0 Å². The summed E-state index contributed by atoms with van der Waals surface area (Å²) in [6.07, 6.45) is 4.99. The van der Waals surface area contributed by atoms with E-state index >= 15 is 0 Å². The summed E-state index contributed by atoms with van der Waals surface area (Å²) in [5.74, 6) is 2.95. The van der Waals surface area contributed by atoms with Crippen LogP contribution in [0.25, 0.3) is 0 Å². The molecule has 1 saturated carbocycles. The Kier molecular flexibility index (Phi) is 4.70. The minimum Gasteiger partial charge on any atom is -0.493 e. The fraction of sp³-hybridized carbons (Fsp3) is 0.625. The molecule has 0 radical (unpaired) electrons. The molecule has 0 amide bonds. The quantitative estimate of drug-likeness (QED) is 0.903. The summed E-state index contributed by atoms with van der Waals surface area (Å²) in [5.41, 5.74) is 7.55. The molecule has 3 nitrogen and oxygen atoms in total. The van der Waals surface area contributed by atoms with Crippen LogP contribution in [0.2, 0.25) is 0 Å². The van der Waals surface area contributed by atoms with Gasteiger partial charge in [0.05, 0.1) is 14.2 Å². The van der Waals surface area contributed by atoms with Crippen molar-refractivity contribution in [2.24, 2.45) is 17.6 Å². The second-order valence-electron chi connectivity index (χ2n) is 5.63. The Balaban J connectivity index is 2.21. The van der Waals surface area contributed by atoms with Crippen LogP contribution in [0.4, 0.5) is 0 Å². The summed E-state index contributed by atoms with van der Waals surface area (Å²) < 4.78 is 10.8. The van der Waals surface area contributed by atoms with Gasteiger partial charge in [-0.1, -0.05) is 31.9 Å². The summed E-state index contributed by atoms with van der Waals surface area (Å²) >= 11 is 0. The van der Waals surface area contributed by atoms with Crippen molar-refractivity contribution in [1.29, 1.82) is 0 Å². The van der Waals surface area contributed by atoms with Crippen molar-refractivity contribution in [2.45, 2.75) is 38.6 Å². The number of hydrogen-bond acceptors (Lipinski definition) is 3. The molecule has 0 spiro atoms. The van der Waals surface area contributed by atoms with Gasteiger partial charge in [0.25, 0.3) is 0 Å². The first-order valence-electron chi connectivity index (χ1n) is 7.13. The molecule has 1 fully saturated rings. The zero-order valence-electron chi connectivity index (χ0n) is 12.2. The Labute approximate surface area is 116 Å². The van der Waals surface area contributed by atoms with Gasteiger partial charge in [-0.3, -0.25) is 0 Å². The van der Waals surface area contributed by atoms with Gasteiger partial charge >= 0.3 is 0 Å². The third kappa shape index (κ3) is 3.03. The standard InChI is InChI=1S/C16H25NO2/c1-11-7-9-12(10-8-11)15(17)13-5-4-6-14(18-2)16(13)19-3/h4-6,11-12,15H,7-10,17H2,1-3H3. The van der Waals surface area contributed by atoms with Gasteiger partial charge in [-0.15, -0.1) is 0 Å². The molecule has 3 heteroatoms. The summed E-state index contributed by atoms with van der Waals surface area (Å²) in [4.78, 5) is 0. The highest BCUT2D eigenvalue weighted by molar-refractivity contribution is 5.48. The predicted octanol–water partition coefficient (Wildman–Crippen LogP) is 3.53. The van der Waals surface area contributed by atoms with Crippen molar-refractivity contribution in [3.8, 4) is 11.5 Å². The number of rotatable bonds is 4. The molecule has 0 aliphatic heterocycles. The summed E-state index contributed by atoms with van der Waals surface area (Å²) in [5, 5.41) is 0. The van der Waals surface area contributed by atoms with Crippen molar-refractivity contribution in [2.75, 3.05) is 14.2 Å². The van der Waals surface area contributed by atoms with Crippen molar-refractivity contribution >= 4 is 0 Å². The Morgan fingerprint density at radius 2 is 1.79 bits per heavy atom. The summed E-state index contributed by atoms with van der Waals surface area (Å²) in [6, 6.07) is 6.00. The number of para-hydroxylation sites is 1. The highest BCUT2D eigenvalue weighted by Gasteiger charge is 2.27. The van der Waals surface area contributed by atoms with Crippen LogP contribution in [0, 0.1) is 11.8 Å². The maximum atomic E-state index is 6.48. The lowest BCUT2D eigenvalue weighted by Gasteiger charge is -2.31. The lowest BCUT2D eigenvalue weighted by Crippen LogP contribution is -2.26. The monoisotopic (exact) mass is 263 g/mol. The van der Waals surface area contributed by atoms with Gasteiger partial charge in [0.2, 0.25) is 0 Å². The zero-order chi connectivity index (χ0) is 13.8. The van der Waals surface area contributed by atoms with Crippen LogP contribution in [0.1, 0.15) is 44.2 Å². The molecule has 1 aromatic rings. The van der Waals surface area contributed by atoms with Crippen LogP contribution in [0.15, 0.2) is 18.2 Å². The molecular formula is C16H25NO2. The molecule has 19 heavy (non-hydrogen) atoms. The Bertz CT molecular complexity index is 411. The summed E-state index contributed by atoms with van der Waals surface area (Å²) in [6.45, 7) is 2.33. The minimum absolute atomic E-state index is 0.0394. The second kappa shape index (κ2) is 6.29. The molecule has 0 saturated heterocycles. The largest absolute Gasteiger partial charge is 0.493 e. The van der Waals surface area contributed by atoms with Crippen molar-refractivity contribution in [3.63, 3.8) is 0 Å². The van der Waals surface area contributed by atoms with Gasteiger partial charge < -0.3 is 15.2 Å². The molecule has 2 rings (SSSR count). The van der Waals surface area contributed by atoms with E-state index in [1.165, 1.54) is 25.7 Å². The van der Waals surface area contributed by atoms with E-state index in [1.54, 1.807) is 14.2 Å². The van der Waals surface area contributed by atoms with Crippen molar-refractivity contribution in [3.05, 3.63) is 23.8 Å². The van der Waals surface area contributed by atoms with Crippen LogP contribution in [-0.4, -0.2) is 14.2 Å². The topological polar surface area (TPSA) is 44.5 Å². The van der Waals surface area contributed by atoms with Crippen molar-refractivity contribution < 1.29 is 9.47 Å². The molecule has 1 aromatic carbocycles. The average Bonchev–Trinajstić information content (AvgIpc) is 2.46. The minimum atomic E-state index is 0.0394. The molecular weight excluding hydrogens is 238 g/mol. The number of methoxy groups -OCH3 is 2. The second-order valence-corrected chi connectivity index (χ2v) is 5.63. The van der Waals surface area contributed by atoms with Crippen LogP contribution >= 0.6 is 0 Å².